The summed E-state index contributed by atoms with van der Waals surface area (Å²) in [5.41, 5.74) is 5.28. The lowest BCUT2D eigenvalue weighted by Crippen LogP contribution is -2.29. The lowest BCUT2D eigenvalue weighted by atomic mass is 10.0. The van der Waals surface area contributed by atoms with Crippen LogP contribution in [0.4, 0.5) is 0 Å². The summed E-state index contributed by atoms with van der Waals surface area (Å²) in [7, 11) is 0. The molecule has 1 amide bonds. The van der Waals surface area contributed by atoms with Gasteiger partial charge in [-0.05, 0) is 19.3 Å². The highest BCUT2D eigenvalue weighted by atomic mass is 16.5. The number of ether oxygens (including phenoxy) is 1. The predicted octanol–water partition coefficient (Wildman–Crippen LogP) is 1.36. The fourth-order valence-electron chi connectivity index (χ4n) is 1.89. The van der Waals surface area contributed by atoms with Crippen molar-refractivity contribution in [1.82, 2.24) is 5.32 Å². The van der Waals surface area contributed by atoms with E-state index in [-0.39, 0.29) is 12.0 Å². The molecule has 1 unspecified atom stereocenters. The third kappa shape index (κ3) is 7.13. The van der Waals surface area contributed by atoms with Crippen LogP contribution < -0.4 is 11.1 Å². The van der Waals surface area contributed by atoms with Gasteiger partial charge in [0, 0.05) is 19.5 Å². The van der Waals surface area contributed by atoms with Crippen LogP contribution in [0.25, 0.3) is 0 Å². The Morgan fingerprint density at radius 1 is 1.41 bits per heavy atom. The minimum atomic E-state index is 0.00399. The van der Waals surface area contributed by atoms with E-state index in [2.05, 4.69) is 17.5 Å². The van der Waals surface area contributed by atoms with Crippen LogP contribution in [0.1, 0.15) is 38.5 Å². The average Bonchev–Trinajstić information content (AvgIpc) is 2.26. The van der Waals surface area contributed by atoms with Gasteiger partial charge in [-0.25, -0.2) is 0 Å². The number of carbonyl (C=O) groups excluding carboxylic acids is 1. The van der Waals surface area contributed by atoms with Gasteiger partial charge in [0.2, 0.25) is 5.91 Å². The van der Waals surface area contributed by atoms with Gasteiger partial charge in [0.25, 0.3) is 0 Å². The maximum Gasteiger partial charge on any atom is 0.221 e. The Labute approximate surface area is 104 Å². The Bertz CT molecular complexity index is 242. The Morgan fingerprint density at radius 2 is 2.29 bits per heavy atom. The van der Waals surface area contributed by atoms with Gasteiger partial charge in [0.15, 0.2) is 0 Å². The first kappa shape index (κ1) is 14.2. The molecule has 0 aromatic carbocycles. The zero-order valence-corrected chi connectivity index (χ0v) is 10.5. The van der Waals surface area contributed by atoms with Crippen LogP contribution in [0.2, 0.25) is 0 Å². The molecule has 1 aliphatic rings. The topological polar surface area (TPSA) is 64.4 Å². The summed E-state index contributed by atoms with van der Waals surface area (Å²) >= 11 is 0. The summed E-state index contributed by atoms with van der Waals surface area (Å²) in [6.07, 6.45) is 11.0. The van der Waals surface area contributed by atoms with Gasteiger partial charge in [-0.2, -0.15) is 0 Å². The van der Waals surface area contributed by atoms with Crippen molar-refractivity contribution in [3.63, 3.8) is 0 Å². The van der Waals surface area contributed by atoms with E-state index in [4.69, 9.17) is 10.5 Å². The van der Waals surface area contributed by atoms with E-state index in [0.29, 0.717) is 26.1 Å². The van der Waals surface area contributed by atoms with Gasteiger partial charge in [-0.3, -0.25) is 4.79 Å². The van der Waals surface area contributed by atoms with Gasteiger partial charge in [0.05, 0.1) is 12.7 Å². The number of rotatable bonds is 6. The van der Waals surface area contributed by atoms with E-state index in [1.165, 1.54) is 19.3 Å². The molecule has 3 N–H and O–H groups in total. The molecule has 0 saturated carbocycles. The zero-order chi connectivity index (χ0) is 12.3. The van der Waals surface area contributed by atoms with E-state index >= 15 is 0 Å². The van der Waals surface area contributed by atoms with Crippen LogP contribution in [0.5, 0.6) is 0 Å². The lowest BCUT2D eigenvalue weighted by molar-refractivity contribution is -0.121. The first-order valence-electron chi connectivity index (χ1n) is 6.58. The van der Waals surface area contributed by atoms with Crippen molar-refractivity contribution in [2.24, 2.45) is 5.73 Å². The molecule has 1 atom stereocenters. The monoisotopic (exact) mass is 240 g/mol. The van der Waals surface area contributed by atoms with Gasteiger partial charge in [-0.15, -0.1) is 0 Å². The number of hydrogen-bond donors (Lipinski definition) is 2. The second kappa shape index (κ2) is 9.19. The van der Waals surface area contributed by atoms with Crippen LogP contribution in [0.3, 0.4) is 0 Å². The average molecular weight is 240 g/mol. The number of allylic oxidation sites excluding steroid dienone is 1. The number of nitrogens with one attached hydrogen (secondary N) is 1. The quantitative estimate of drug-likeness (QED) is 0.544. The summed E-state index contributed by atoms with van der Waals surface area (Å²) < 4.78 is 5.71. The lowest BCUT2D eigenvalue weighted by Gasteiger charge is -2.16. The van der Waals surface area contributed by atoms with E-state index in [9.17, 15) is 4.79 Å². The second-order valence-electron chi connectivity index (χ2n) is 4.36. The fourth-order valence-corrected chi connectivity index (χ4v) is 1.89. The molecular formula is C13H24N2O2. The molecule has 4 heteroatoms. The van der Waals surface area contributed by atoms with E-state index in [1.807, 2.05) is 0 Å². The molecule has 0 aliphatic heterocycles. The van der Waals surface area contributed by atoms with Crippen molar-refractivity contribution in [3.05, 3.63) is 12.2 Å². The van der Waals surface area contributed by atoms with Crippen molar-refractivity contribution in [1.29, 1.82) is 0 Å². The first-order chi connectivity index (χ1) is 8.33. The Balaban J connectivity index is 2.08. The summed E-state index contributed by atoms with van der Waals surface area (Å²) in [6, 6.07) is 0. The molecule has 4 nitrogen and oxygen atoms in total. The molecule has 0 spiro atoms. The van der Waals surface area contributed by atoms with Crippen molar-refractivity contribution < 1.29 is 9.53 Å². The third-order valence-electron chi connectivity index (χ3n) is 2.84. The van der Waals surface area contributed by atoms with Crippen molar-refractivity contribution in [2.75, 3.05) is 19.7 Å². The number of hydrogen-bond acceptors (Lipinski definition) is 3. The van der Waals surface area contributed by atoms with Gasteiger partial charge >= 0.3 is 0 Å². The molecule has 0 aromatic heterocycles. The Morgan fingerprint density at radius 3 is 3.12 bits per heavy atom. The summed E-state index contributed by atoms with van der Waals surface area (Å²) in [5.74, 6) is 0.00399. The van der Waals surface area contributed by atoms with Crippen molar-refractivity contribution in [3.8, 4) is 0 Å². The largest absolute Gasteiger partial charge is 0.372 e. The molecular weight excluding hydrogens is 216 g/mol. The highest BCUT2D eigenvalue weighted by molar-refractivity contribution is 5.75. The molecule has 17 heavy (non-hydrogen) atoms. The van der Waals surface area contributed by atoms with Crippen LogP contribution in [0.15, 0.2) is 12.2 Å². The number of nitrogens with two attached hydrogens (primary N) is 1. The highest BCUT2D eigenvalue weighted by Crippen LogP contribution is 2.13. The maximum absolute atomic E-state index is 11.1. The first-order valence-corrected chi connectivity index (χ1v) is 6.58. The molecule has 0 heterocycles. The molecule has 98 valence electrons. The van der Waals surface area contributed by atoms with Crippen LogP contribution in [-0.2, 0) is 9.53 Å². The predicted molar refractivity (Wildman–Crippen MR) is 68.6 cm³/mol. The molecule has 0 bridgehead atoms. The zero-order valence-electron chi connectivity index (χ0n) is 10.5. The summed E-state index contributed by atoms with van der Waals surface area (Å²) in [4.78, 5) is 11.1. The Hall–Kier alpha value is -0.870. The number of carbonyl (C=O) groups is 1. The van der Waals surface area contributed by atoms with E-state index in [1.54, 1.807) is 0 Å². The number of amides is 1. The molecule has 0 fully saturated rings. The molecule has 0 saturated heterocycles. The normalized spacial score (nSPS) is 22.5. The van der Waals surface area contributed by atoms with Crippen LogP contribution >= 0.6 is 0 Å². The van der Waals surface area contributed by atoms with E-state index in [0.717, 1.165) is 12.8 Å². The van der Waals surface area contributed by atoms with Gasteiger partial charge in [-0.1, -0.05) is 25.0 Å². The van der Waals surface area contributed by atoms with Gasteiger partial charge in [0.1, 0.15) is 0 Å². The summed E-state index contributed by atoms with van der Waals surface area (Å²) in [5, 5.41) is 2.78. The minimum Gasteiger partial charge on any atom is -0.372 e. The Kier molecular flexibility index (Phi) is 7.67. The van der Waals surface area contributed by atoms with Crippen molar-refractivity contribution >= 4 is 5.91 Å². The minimum absolute atomic E-state index is 0.00399. The smallest absolute Gasteiger partial charge is 0.221 e. The maximum atomic E-state index is 11.1. The fraction of sp³-hybridized carbons (Fsp3) is 0.769. The standard InChI is InChI=1S/C13H24N2O2/c14-9-8-13(16)15-10-11-17-12-6-4-2-1-3-5-7-12/h4,6,12H,1-3,5,7-11,14H2,(H,15,16)/b6-4-. The van der Waals surface area contributed by atoms with Crippen molar-refractivity contribution in [2.45, 2.75) is 44.6 Å². The highest BCUT2D eigenvalue weighted by Gasteiger charge is 2.07. The molecule has 1 aliphatic carbocycles. The van der Waals surface area contributed by atoms with E-state index < -0.39 is 0 Å². The second-order valence-corrected chi connectivity index (χ2v) is 4.36. The van der Waals surface area contributed by atoms with Crippen LogP contribution in [0, 0.1) is 0 Å². The third-order valence-corrected chi connectivity index (χ3v) is 2.84. The summed E-state index contributed by atoms with van der Waals surface area (Å²) in [6.45, 7) is 1.55. The van der Waals surface area contributed by atoms with Crippen LogP contribution in [-0.4, -0.2) is 31.7 Å². The molecule has 0 aromatic rings. The molecule has 0 radical (unpaired) electrons. The van der Waals surface area contributed by atoms with Gasteiger partial charge < -0.3 is 15.8 Å². The SMILES string of the molecule is NCCC(=O)NCCOC1/C=C\CCCCC1. The molecule has 1 rings (SSSR count).